The number of aryl methyl sites for hydroxylation is 2. The Morgan fingerprint density at radius 3 is 2.67 bits per heavy atom. The molecule has 0 atom stereocenters. The number of fused-ring (bicyclic) bond motifs is 2. The first-order valence-corrected chi connectivity index (χ1v) is 11.7. The predicted molar refractivity (Wildman–Crippen MR) is 129 cm³/mol. The molecule has 2 aromatic heterocycles. The summed E-state index contributed by atoms with van der Waals surface area (Å²) in [5.41, 5.74) is 8.33. The zero-order valence-corrected chi connectivity index (χ0v) is 19.3. The lowest BCUT2D eigenvalue weighted by Crippen LogP contribution is -2.32. The highest BCUT2D eigenvalue weighted by molar-refractivity contribution is 5.96. The molecular weight excluding hydrogens is 412 g/mol. The minimum absolute atomic E-state index is 0.0891. The number of amides is 1. The highest BCUT2D eigenvalue weighted by atomic mass is 16.5. The first kappa shape index (κ1) is 20.1. The van der Waals surface area contributed by atoms with Crippen LogP contribution in [0.2, 0.25) is 0 Å². The van der Waals surface area contributed by atoms with E-state index in [0.717, 1.165) is 50.6 Å². The zero-order chi connectivity index (χ0) is 22.7. The quantitative estimate of drug-likeness (QED) is 0.469. The maximum absolute atomic E-state index is 13.5. The average molecular weight is 441 g/mol. The molecule has 2 aliphatic rings. The number of benzene rings is 2. The summed E-state index contributed by atoms with van der Waals surface area (Å²) in [6, 6.07) is 15.2. The Balaban J connectivity index is 1.31. The van der Waals surface area contributed by atoms with Crippen LogP contribution in [0.3, 0.4) is 0 Å². The van der Waals surface area contributed by atoms with Crippen LogP contribution in [0, 0.1) is 20.8 Å². The third-order valence-electron chi connectivity index (χ3n) is 6.89. The van der Waals surface area contributed by atoms with Crippen LogP contribution in [-0.4, -0.2) is 38.5 Å². The van der Waals surface area contributed by atoms with Gasteiger partial charge in [-0.15, -0.1) is 0 Å². The van der Waals surface area contributed by atoms with E-state index in [4.69, 9.17) is 4.74 Å². The number of ether oxygens (including phenoxy) is 1. The predicted octanol–water partition coefficient (Wildman–Crippen LogP) is 5.33. The standard InChI is InChI=1S/C27H28N4O2/c1-16-12-23(17(2)31(16)22-6-7-22)27(32)30-10-11-33-26-9-5-19(13-21(26)15-30)20-4-8-24-25(14-20)29-18(3)28-24/h4-5,8-9,12-14,22H,6-7,10-11,15H2,1-3H3,(H,28,29). The van der Waals surface area contributed by atoms with Gasteiger partial charge >= 0.3 is 0 Å². The highest BCUT2D eigenvalue weighted by Crippen LogP contribution is 2.39. The fourth-order valence-corrected chi connectivity index (χ4v) is 5.12. The zero-order valence-electron chi connectivity index (χ0n) is 19.3. The number of rotatable bonds is 3. The number of hydrogen-bond donors (Lipinski definition) is 1. The van der Waals surface area contributed by atoms with Gasteiger partial charge in [0.05, 0.1) is 23.1 Å². The first-order valence-electron chi connectivity index (χ1n) is 11.7. The largest absolute Gasteiger partial charge is 0.491 e. The van der Waals surface area contributed by atoms with Crippen molar-refractivity contribution in [2.24, 2.45) is 0 Å². The Hall–Kier alpha value is -3.54. The molecule has 0 radical (unpaired) electrons. The lowest BCUT2D eigenvalue weighted by Gasteiger charge is -2.20. The molecule has 2 aromatic carbocycles. The van der Waals surface area contributed by atoms with Crippen molar-refractivity contribution in [2.45, 2.75) is 46.2 Å². The minimum atomic E-state index is 0.0891. The number of aromatic nitrogens is 3. The van der Waals surface area contributed by atoms with Crippen molar-refractivity contribution in [3.8, 4) is 16.9 Å². The number of carbonyl (C=O) groups excluding carboxylic acids is 1. The topological polar surface area (TPSA) is 63.1 Å². The molecule has 1 fully saturated rings. The SMILES string of the molecule is Cc1nc2ccc(-c3ccc4c(c3)CN(C(=O)c3cc(C)n(C5CC5)c3C)CCO4)cc2[nH]1. The maximum atomic E-state index is 13.5. The van der Waals surface area contributed by atoms with Gasteiger partial charge in [-0.2, -0.15) is 0 Å². The fourth-order valence-electron chi connectivity index (χ4n) is 5.12. The smallest absolute Gasteiger partial charge is 0.256 e. The Morgan fingerprint density at radius 2 is 1.85 bits per heavy atom. The molecular formula is C27H28N4O2. The van der Waals surface area contributed by atoms with Gasteiger partial charge in [0, 0.05) is 29.5 Å². The van der Waals surface area contributed by atoms with Crippen LogP contribution in [0.15, 0.2) is 42.5 Å². The van der Waals surface area contributed by atoms with Gasteiger partial charge in [0.15, 0.2) is 0 Å². The van der Waals surface area contributed by atoms with Crippen LogP contribution in [0.1, 0.15) is 52.0 Å². The van der Waals surface area contributed by atoms with Gasteiger partial charge in [-0.05, 0) is 75.1 Å². The van der Waals surface area contributed by atoms with E-state index in [-0.39, 0.29) is 5.91 Å². The van der Waals surface area contributed by atoms with Crippen molar-refractivity contribution >= 4 is 16.9 Å². The van der Waals surface area contributed by atoms with E-state index in [2.05, 4.69) is 58.7 Å². The van der Waals surface area contributed by atoms with Crippen molar-refractivity contribution in [3.63, 3.8) is 0 Å². The van der Waals surface area contributed by atoms with E-state index >= 15 is 0 Å². The number of nitrogens with zero attached hydrogens (tertiary/aromatic N) is 3. The maximum Gasteiger partial charge on any atom is 0.256 e. The molecule has 1 aliphatic carbocycles. The van der Waals surface area contributed by atoms with Gasteiger partial charge in [0.1, 0.15) is 18.2 Å². The molecule has 1 aliphatic heterocycles. The van der Waals surface area contributed by atoms with Crippen LogP contribution in [0.25, 0.3) is 22.2 Å². The molecule has 0 saturated heterocycles. The van der Waals surface area contributed by atoms with Crippen LogP contribution in [0.4, 0.5) is 0 Å². The summed E-state index contributed by atoms with van der Waals surface area (Å²) in [6.45, 7) is 7.77. The van der Waals surface area contributed by atoms with E-state index in [9.17, 15) is 4.79 Å². The molecule has 0 spiro atoms. The van der Waals surface area contributed by atoms with Gasteiger partial charge < -0.3 is 19.2 Å². The third-order valence-corrected chi connectivity index (χ3v) is 6.89. The Labute approximate surface area is 193 Å². The van der Waals surface area contributed by atoms with Gasteiger partial charge in [0.2, 0.25) is 0 Å². The van der Waals surface area contributed by atoms with E-state index in [1.807, 2.05) is 24.0 Å². The molecule has 6 nitrogen and oxygen atoms in total. The fraction of sp³-hybridized carbons (Fsp3) is 0.333. The summed E-state index contributed by atoms with van der Waals surface area (Å²) in [7, 11) is 0. The van der Waals surface area contributed by atoms with Gasteiger partial charge in [-0.1, -0.05) is 12.1 Å². The number of hydrogen-bond acceptors (Lipinski definition) is 3. The number of nitrogens with one attached hydrogen (secondary N) is 1. The second kappa shape index (κ2) is 7.51. The van der Waals surface area contributed by atoms with Gasteiger partial charge in [-0.25, -0.2) is 4.98 Å². The summed E-state index contributed by atoms with van der Waals surface area (Å²) in [4.78, 5) is 23.3. The summed E-state index contributed by atoms with van der Waals surface area (Å²) in [6.07, 6.45) is 2.42. The number of imidazole rings is 1. The lowest BCUT2D eigenvalue weighted by atomic mass is 10.0. The summed E-state index contributed by atoms with van der Waals surface area (Å²) in [5, 5.41) is 0. The van der Waals surface area contributed by atoms with E-state index < -0.39 is 0 Å². The molecule has 1 N–H and O–H groups in total. The van der Waals surface area contributed by atoms with Crippen LogP contribution in [0.5, 0.6) is 5.75 Å². The minimum Gasteiger partial charge on any atom is -0.491 e. The molecule has 1 saturated carbocycles. The van der Waals surface area contributed by atoms with Crippen molar-refractivity contribution in [1.29, 1.82) is 0 Å². The molecule has 6 heteroatoms. The second-order valence-electron chi connectivity index (χ2n) is 9.34. The van der Waals surface area contributed by atoms with Crippen molar-refractivity contribution < 1.29 is 9.53 Å². The molecule has 6 rings (SSSR count). The van der Waals surface area contributed by atoms with Crippen LogP contribution < -0.4 is 4.74 Å². The summed E-state index contributed by atoms with van der Waals surface area (Å²) >= 11 is 0. The van der Waals surface area contributed by atoms with E-state index in [1.54, 1.807) is 0 Å². The van der Waals surface area contributed by atoms with Crippen LogP contribution in [-0.2, 0) is 6.54 Å². The molecule has 3 heterocycles. The summed E-state index contributed by atoms with van der Waals surface area (Å²) < 4.78 is 8.36. The molecule has 0 unspecified atom stereocenters. The monoisotopic (exact) mass is 440 g/mol. The second-order valence-corrected chi connectivity index (χ2v) is 9.34. The lowest BCUT2D eigenvalue weighted by molar-refractivity contribution is 0.0732. The molecule has 1 amide bonds. The van der Waals surface area contributed by atoms with E-state index in [0.29, 0.717) is 25.7 Å². The van der Waals surface area contributed by atoms with E-state index in [1.165, 1.54) is 18.5 Å². The first-order chi connectivity index (χ1) is 16.0. The average Bonchev–Trinajstić information content (AvgIpc) is 3.53. The summed E-state index contributed by atoms with van der Waals surface area (Å²) in [5.74, 6) is 1.86. The van der Waals surface area contributed by atoms with Gasteiger partial charge in [0.25, 0.3) is 5.91 Å². The van der Waals surface area contributed by atoms with Crippen molar-refractivity contribution in [2.75, 3.05) is 13.2 Å². The number of carbonyl (C=O) groups is 1. The Morgan fingerprint density at radius 1 is 1.06 bits per heavy atom. The molecule has 33 heavy (non-hydrogen) atoms. The van der Waals surface area contributed by atoms with Gasteiger partial charge in [-0.3, -0.25) is 4.79 Å². The molecule has 168 valence electrons. The third kappa shape index (κ3) is 3.50. The van der Waals surface area contributed by atoms with Crippen LogP contribution >= 0.6 is 0 Å². The Kier molecular flexibility index (Phi) is 4.57. The number of aromatic amines is 1. The van der Waals surface area contributed by atoms with Crippen molar-refractivity contribution in [3.05, 3.63) is 70.8 Å². The van der Waals surface area contributed by atoms with Crippen molar-refractivity contribution in [1.82, 2.24) is 19.4 Å². The Bertz CT molecular complexity index is 1390. The normalized spacial score (nSPS) is 15.9. The number of H-pyrrole nitrogens is 1. The molecule has 0 bridgehead atoms. The molecule has 4 aromatic rings. The highest BCUT2D eigenvalue weighted by Gasteiger charge is 2.30.